The van der Waals surface area contributed by atoms with Gasteiger partial charge in [-0.15, -0.1) is 0 Å². The molecule has 0 saturated heterocycles. The van der Waals surface area contributed by atoms with Gasteiger partial charge in [-0.3, -0.25) is 4.79 Å². The van der Waals surface area contributed by atoms with E-state index in [0.29, 0.717) is 19.4 Å². The lowest BCUT2D eigenvalue weighted by Crippen LogP contribution is -2.48. The quantitative estimate of drug-likeness (QED) is 0.513. The second kappa shape index (κ2) is 10.4. The molecule has 4 rings (SSSR count). The number of halogens is 2. The van der Waals surface area contributed by atoms with E-state index in [2.05, 4.69) is 10.8 Å². The summed E-state index contributed by atoms with van der Waals surface area (Å²) in [6, 6.07) is 11.1. The zero-order valence-corrected chi connectivity index (χ0v) is 20.7. The minimum Gasteiger partial charge on any atom is -0.396 e. The number of aryl methyl sites for hydroxylation is 1. The van der Waals surface area contributed by atoms with Gasteiger partial charge in [-0.05, 0) is 54.5 Å². The van der Waals surface area contributed by atoms with Gasteiger partial charge in [0.05, 0.1) is 20.6 Å². The molecule has 2 aliphatic rings. The normalized spacial score (nSPS) is 16.5. The van der Waals surface area contributed by atoms with Crippen LogP contribution in [0.15, 0.2) is 82.9 Å². The van der Waals surface area contributed by atoms with Crippen LogP contribution < -0.4 is 10.5 Å². The van der Waals surface area contributed by atoms with Crippen molar-refractivity contribution in [3.05, 3.63) is 93.6 Å². The van der Waals surface area contributed by atoms with Gasteiger partial charge in [-0.1, -0.05) is 71.8 Å². The predicted molar refractivity (Wildman–Crippen MR) is 136 cm³/mol. The number of benzene rings is 2. The van der Waals surface area contributed by atoms with E-state index in [-0.39, 0.29) is 26.5 Å². The summed E-state index contributed by atoms with van der Waals surface area (Å²) >= 11 is 12.1. The topological polar surface area (TPSA) is 92.5 Å². The summed E-state index contributed by atoms with van der Waals surface area (Å²) in [5, 5.41) is 0.0657. The molecule has 1 unspecified atom stereocenters. The number of fused-ring (bicyclic) bond motifs is 1. The Bertz CT molecular complexity index is 1260. The molecule has 0 radical (unpaired) electrons. The predicted octanol–water partition coefficient (Wildman–Crippen LogP) is 4.86. The molecule has 178 valence electrons. The number of nitrogens with two attached hydrogens (primary N) is 1. The van der Waals surface area contributed by atoms with E-state index >= 15 is 0 Å². The Labute approximate surface area is 209 Å². The molecule has 0 bridgehead atoms. The minimum absolute atomic E-state index is 0.0328. The Morgan fingerprint density at radius 1 is 1.12 bits per heavy atom. The number of carbonyl (C=O) groups is 1. The van der Waals surface area contributed by atoms with Gasteiger partial charge in [0.1, 0.15) is 6.04 Å². The van der Waals surface area contributed by atoms with E-state index in [0.717, 1.165) is 24.0 Å². The monoisotopic (exact) mass is 517 g/mol. The molecule has 9 heteroatoms. The van der Waals surface area contributed by atoms with Crippen molar-refractivity contribution in [3.8, 4) is 0 Å². The first-order valence-electron chi connectivity index (χ1n) is 10.9. The molecule has 1 amide bonds. The van der Waals surface area contributed by atoms with Crippen molar-refractivity contribution in [1.29, 1.82) is 0 Å². The van der Waals surface area contributed by atoms with Gasteiger partial charge < -0.3 is 10.6 Å². The molecule has 0 aromatic heterocycles. The smallest absolute Gasteiger partial charge is 0.244 e. The standard InChI is InChI=1S/C25H25Cl2N3O3S/c26-21-14-20(15-22(27)24(21)28)34(32,33)29-23(11-10-17-6-2-1-3-7-17)25(31)30-13-12-18-8-4-5-9-19(18)16-30/h1-8,14-16,23,29H,9-13,28H2. The van der Waals surface area contributed by atoms with E-state index in [9.17, 15) is 13.2 Å². The number of nitrogens with one attached hydrogen (secondary N) is 1. The second-order valence-corrected chi connectivity index (χ2v) is 10.8. The lowest BCUT2D eigenvalue weighted by Gasteiger charge is -2.31. The van der Waals surface area contributed by atoms with Crippen molar-refractivity contribution in [3.63, 3.8) is 0 Å². The van der Waals surface area contributed by atoms with E-state index in [1.54, 1.807) is 4.90 Å². The van der Waals surface area contributed by atoms with Crippen molar-refractivity contribution in [1.82, 2.24) is 9.62 Å². The fourth-order valence-corrected chi connectivity index (χ4v) is 5.92. The Morgan fingerprint density at radius 2 is 1.82 bits per heavy atom. The Kier molecular flexibility index (Phi) is 7.48. The Hall–Kier alpha value is -2.58. The zero-order chi connectivity index (χ0) is 24.3. The van der Waals surface area contributed by atoms with Crippen LogP contribution >= 0.6 is 23.2 Å². The molecule has 2 aromatic rings. The third-order valence-corrected chi connectivity index (χ3v) is 8.00. The van der Waals surface area contributed by atoms with Crippen LogP contribution in [-0.4, -0.2) is 31.8 Å². The van der Waals surface area contributed by atoms with E-state index < -0.39 is 16.1 Å². The Balaban J connectivity index is 1.60. The third kappa shape index (κ3) is 5.55. The van der Waals surface area contributed by atoms with Gasteiger partial charge in [0.2, 0.25) is 15.9 Å². The van der Waals surface area contributed by atoms with Crippen molar-refractivity contribution in [2.75, 3.05) is 12.3 Å². The molecule has 0 fully saturated rings. The zero-order valence-electron chi connectivity index (χ0n) is 18.4. The van der Waals surface area contributed by atoms with Crippen molar-refractivity contribution >= 4 is 44.8 Å². The average Bonchev–Trinajstić information content (AvgIpc) is 2.84. The molecule has 3 N–H and O–H groups in total. The maximum Gasteiger partial charge on any atom is 0.244 e. The second-order valence-electron chi connectivity index (χ2n) is 8.26. The highest BCUT2D eigenvalue weighted by molar-refractivity contribution is 7.89. The molecule has 2 aromatic carbocycles. The van der Waals surface area contributed by atoms with E-state index in [1.165, 1.54) is 17.7 Å². The van der Waals surface area contributed by atoms with Crippen LogP contribution in [0.3, 0.4) is 0 Å². The van der Waals surface area contributed by atoms with Crippen molar-refractivity contribution < 1.29 is 13.2 Å². The first kappa shape index (κ1) is 24.5. The fourth-order valence-electron chi connectivity index (χ4n) is 4.02. The highest BCUT2D eigenvalue weighted by atomic mass is 35.5. The Morgan fingerprint density at radius 3 is 2.53 bits per heavy atom. The number of allylic oxidation sites excluding steroid dienone is 4. The SMILES string of the molecule is Nc1c(Cl)cc(S(=O)(=O)NC(CCc2ccccc2)C(=O)N2C=C3CC=CC=C3CC2)cc1Cl. The van der Waals surface area contributed by atoms with Gasteiger partial charge in [0.25, 0.3) is 0 Å². The number of hydrogen-bond acceptors (Lipinski definition) is 4. The highest BCUT2D eigenvalue weighted by Gasteiger charge is 2.31. The molecule has 34 heavy (non-hydrogen) atoms. The van der Waals surface area contributed by atoms with Crippen molar-refractivity contribution in [2.24, 2.45) is 0 Å². The van der Waals surface area contributed by atoms with Crippen LogP contribution in [0.5, 0.6) is 0 Å². The van der Waals surface area contributed by atoms with Crippen LogP contribution in [0, 0.1) is 0 Å². The number of carbonyl (C=O) groups excluding carboxylic acids is 1. The first-order chi connectivity index (χ1) is 16.2. The molecule has 1 aliphatic carbocycles. The summed E-state index contributed by atoms with van der Waals surface area (Å²) in [6.45, 7) is 0.491. The van der Waals surface area contributed by atoms with Gasteiger partial charge in [-0.25, -0.2) is 8.42 Å². The van der Waals surface area contributed by atoms with Crippen molar-refractivity contribution in [2.45, 2.75) is 36.6 Å². The number of sulfonamides is 1. The lowest BCUT2D eigenvalue weighted by atomic mass is 9.93. The molecule has 6 nitrogen and oxygen atoms in total. The first-order valence-corrected chi connectivity index (χ1v) is 13.2. The lowest BCUT2D eigenvalue weighted by molar-refractivity contribution is -0.130. The van der Waals surface area contributed by atoms with Gasteiger partial charge in [0.15, 0.2) is 0 Å². The number of hydrogen-bond donors (Lipinski definition) is 2. The number of anilines is 1. The fraction of sp³-hybridized carbons (Fsp3) is 0.240. The molecular formula is C25H25Cl2N3O3S. The van der Waals surface area contributed by atoms with Gasteiger partial charge in [-0.2, -0.15) is 4.72 Å². The number of nitrogens with zero attached hydrogens (tertiary/aromatic N) is 1. The average molecular weight is 518 g/mol. The molecule has 0 spiro atoms. The van der Waals surface area contributed by atoms with Gasteiger partial charge >= 0.3 is 0 Å². The van der Waals surface area contributed by atoms with Gasteiger partial charge in [0, 0.05) is 12.7 Å². The summed E-state index contributed by atoms with van der Waals surface area (Å²) in [6.07, 6.45) is 10.2. The molecular weight excluding hydrogens is 493 g/mol. The summed E-state index contributed by atoms with van der Waals surface area (Å²) < 4.78 is 29.0. The molecule has 0 saturated carbocycles. The number of rotatable bonds is 7. The van der Waals surface area contributed by atoms with Crippen LogP contribution in [0.4, 0.5) is 5.69 Å². The highest BCUT2D eigenvalue weighted by Crippen LogP contribution is 2.31. The summed E-state index contributed by atoms with van der Waals surface area (Å²) in [5.41, 5.74) is 9.14. The number of nitrogen functional groups attached to an aromatic ring is 1. The summed E-state index contributed by atoms with van der Waals surface area (Å²) in [5.74, 6) is -0.298. The maximum absolute atomic E-state index is 13.5. The summed E-state index contributed by atoms with van der Waals surface area (Å²) in [4.78, 5) is 15.0. The molecule has 1 atom stereocenters. The maximum atomic E-state index is 13.5. The number of amides is 1. The van der Waals surface area contributed by atoms with E-state index in [1.807, 2.05) is 48.7 Å². The summed E-state index contributed by atoms with van der Waals surface area (Å²) in [7, 11) is -4.10. The molecule has 1 heterocycles. The van der Waals surface area contributed by atoms with Crippen LogP contribution in [0.1, 0.15) is 24.8 Å². The molecule has 1 aliphatic heterocycles. The van der Waals surface area contributed by atoms with E-state index in [4.69, 9.17) is 28.9 Å². The third-order valence-electron chi connectivity index (χ3n) is 5.92. The van der Waals surface area contributed by atoms with Crippen LogP contribution in [-0.2, 0) is 21.2 Å². The van der Waals surface area contributed by atoms with Crippen LogP contribution in [0.2, 0.25) is 10.0 Å². The van der Waals surface area contributed by atoms with Crippen LogP contribution in [0.25, 0.3) is 0 Å². The largest absolute Gasteiger partial charge is 0.396 e. The minimum atomic E-state index is -4.10.